The van der Waals surface area contributed by atoms with Gasteiger partial charge >= 0.3 is 30.0 Å². The van der Waals surface area contributed by atoms with Gasteiger partial charge in [0.2, 0.25) is 29.5 Å². The summed E-state index contributed by atoms with van der Waals surface area (Å²) in [5, 5.41) is 45.9. The number of carbonyl (C=O) groups excluding carboxylic acids is 13. The van der Waals surface area contributed by atoms with Crippen molar-refractivity contribution in [3.63, 3.8) is 0 Å². The van der Waals surface area contributed by atoms with Crippen LogP contribution in [0.3, 0.4) is 0 Å². The van der Waals surface area contributed by atoms with E-state index in [0.717, 1.165) is 47.7 Å². The maximum atomic E-state index is 11.8. The Kier molecular flexibility index (Phi) is 66.5. The molecule has 2 aromatic heterocycles. The molecule has 9 heterocycles. The number of carboxylic acid groups (broad SMARTS) is 1. The van der Waals surface area contributed by atoms with Crippen LogP contribution < -0.4 is 66.1 Å². The van der Waals surface area contributed by atoms with Crippen molar-refractivity contribution >= 4 is 88.9 Å². The molecule has 0 aliphatic carbocycles. The van der Waals surface area contributed by atoms with E-state index in [1.807, 2.05) is 171 Å². The number of nitrogens with two attached hydrogens (primary N) is 4. The summed E-state index contributed by atoms with van der Waals surface area (Å²) in [6, 6.07) is 4.32. The monoisotopic (exact) mass is 1870 g/mol. The van der Waals surface area contributed by atoms with Crippen LogP contribution in [0, 0.1) is 82.9 Å². The minimum Gasteiger partial charge on any atom is -0.481 e. The predicted molar refractivity (Wildman–Crippen MR) is 492 cm³/mol. The third-order valence-corrected chi connectivity index (χ3v) is 18.1. The summed E-state index contributed by atoms with van der Waals surface area (Å²) in [6.45, 7) is 62.0. The third-order valence-electron chi connectivity index (χ3n) is 18.1. The number of hydrogen-bond donors (Lipinski definition) is 15. The number of cyclic esters (lactones) is 1. The highest BCUT2D eigenvalue weighted by Gasteiger charge is 2.40. The van der Waals surface area contributed by atoms with E-state index in [1.165, 1.54) is 19.9 Å². The number of hydrogen-bond acceptors (Lipinski definition) is 26. The van der Waals surface area contributed by atoms with Crippen molar-refractivity contribution in [2.24, 2.45) is 100 Å². The lowest BCUT2D eigenvalue weighted by Crippen LogP contribution is -2.41. The Labute approximate surface area is 771 Å². The number of carbonyl (C=O) groups is 14. The molecule has 750 valence electrons. The van der Waals surface area contributed by atoms with Gasteiger partial charge in [0.25, 0.3) is 35.4 Å². The van der Waals surface area contributed by atoms with Gasteiger partial charge in [-0.05, 0) is 117 Å². The molecule has 5 fully saturated rings. The number of hydroxylamine groups is 2. The number of urea groups is 1. The maximum absolute atomic E-state index is 11.8. The number of primary amides is 1. The Hall–Kier alpha value is -10.6. The van der Waals surface area contributed by atoms with E-state index < -0.39 is 36.3 Å². The molecule has 0 spiro atoms. The van der Waals surface area contributed by atoms with E-state index in [-0.39, 0.29) is 142 Å². The number of ether oxygens (including phenoxy) is 1. The Morgan fingerprint density at radius 3 is 1.30 bits per heavy atom. The molecule has 6 unspecified atom stereocenters. The van der Waals surface area contributed by atoms with Crippen molar-refractivity contribution in [2.45, 2.75) is 283 Å². The smallest absolute Gasteiger partial charge is 0.416 e. The number of aliphatic hydroxyl groups is 2. The van der Waals surface area contributed by atoms with Crippen LogP contribution in [0.25, 0.3) is 0 Å². The minimum atomic E-state index is -4.24. The minimum absolute atomic E-state index is 0.0476. The van der Waals surface area contributed by atoms with Gasteiger partial charge in [-0.25, -0.2) is 20.3 Å². The first kappa shape index (κ1) is 129. The Bertz CT molecular complexity index is 3940. The molecule has 10 rings (SSSR count). The average molecular weight is 1870 g/mol. The summed E-state index contributed by atoms with van der Waals surface area (Å²) in [5.41, 5.74) is 19.6. The number of anilines is 1. The highest BCUT2D eigenvalue weighted by Crippen LogP contribution is 2.26. The molecule has 0 radical (unpaired) electrons. The molecule has 14 amide bonds. The van der Waals surface area contributed by atoms with Gasteiger partial charge in [0, 0.05) is 79.3 Å². The van der Waals surface area contributed by atoms with E-state index in [1.54, 1.807) is 57.5 Å². The van der Waals surface area contributed by atoms with E-state index in [2.05, 4.69) is 70.0 Å². The molecule has 19 N–H and O–H groups in total. The number of aliphatic hydroxyl groups excluding tert-OH is 2. The van der Waals surface area contributed by atoms with Crippen LogP contribution in [-0.4, -0.2) is 177 Å². The number of nitrogens with zero attached hydrogens (tertiary/aromatic N) is 2. The van der Waals surface area contributed by atoms with E-state index >= 15 is 0 Å². The molecule has 37 nitrogen and oxygen atoms in total. The lowest BCUT2D eigenvalue weighted by atomic mass is 9.95. The number of oxazole rings is 1. The first-order valence-corrected chi connectivity index (χ1v) is 43.9. The van der Waals surface area contributed by atoms with Gasteiger partial charge < -0.3 is 67.0 Å². The van der Waals surface area contributed by atoms with Crippen molar-refractivity contribution in [3.8, 4) is 0 Å². The molecule has 5 saturated heterocycles. The zero-order valence-corrected chi connectivity index (χ0v) is 82.8. The van der Waals surface area contributed by atoms with Crippen molar-refractivity contribution in [3.05, 3.63) is 92.5 Å². The van der Waals surface area contributed by atoms with Gasteiger partial charge in [0.15, 0.2) is 11.9 Å². The molecule has 40 heteroatoms. The summed E-state index contributed by atoms with van der Waals surface area (Å²) in [6.07, 6.45) is 1.71. The second kappa shape index (κ2) is 67.6. The number of fused-ring (bicyclic) bond motifs is 1. The predicted octanol–water partition coefficient (Wildman–Crippen LogP) is 11.6. The number of nitrogens with one attached hydrogen (secondary N) is 8. The molecule has 131 heavy (non-hydrogen) atoms. The molecule has 6 atom stereocenters. The molecular formula is C91H157F3N14O23. The second-order valence-electron chi connectivity index (χ2n) is 36.0. The third kappa shape index (κ3) is 58.8. The van der Waals surface area contributed by atoms with Crippen molar-refractivity contribution in [1.29, 1.82) is 0 Å². The first-order valence-electron chi connectivity index (χ1n) is 43.9. The zero-order valence-electron chi connectivity index (χ0n) is 82.8. The Morgan fingerprint density at radius 1 is 0.618 bits per heavy atom. The molecule has 1 aromatic carbocycles. The lowest BCUT2D eigenvalue weighted by molar-refractivity contribution is -0.156. The number of imide groups is 5. The fraction of sp³-hybridized carbons (Fsp3) is 0.670. The van der Waals surface area contributed by atoms with Crippen LogP contribution >= 0.6 is 0 Å². The highest BCUT2D eigenvalue weighted by atomic mass is 19.4. The molecule has 3 aromatic rings. The van der Waals surface area contributed by atoms with Crippen molar-refractivity contribution < 1.29 is 119 Å². The number of rotatable bonds is 18. The largest absolute Gasteiger partial charge is 0.481 e. The number of nitrogen functional groups attached to an aromatic ring is 1. The lowest BCUT2D eigenvalue weighted by Gasteiger charge is -2.18. The van der Waals surface area contributed by atoms with Crippen LogP contribution in [0.4, 0.5) is 28.6 Å². The quantitative estimate of drug-likeness (QED) is 0.0243. The van der Waals surface area contributed by atoms with Gasteiger partial charge in [-0.3, -0.25) is 88.6 Å². The van der Waals surface area contributed by atoms with Gasteiger partial charge in [-0.1, -0.05) is 217 Å². The summed E-state index contributed by atoms with van der Waals surface area (Å²) in [4.78, 5) is 173. The van der Waals surface area contributed by atoms with Crippen molar-refractivity contribution in [2.75, 3.05) is 38.6 Å². The van der Waals surface area contributed by atoms with Crippen LogP contribution in [0.2, 0.25) is 0 Å². The normalized spacial score (nSPS) is 17.1. The van der Waals surface area contributed by atoms with Crippen molar-refractivity contribution in [1.82, 2.24) is 52.4 Å². The highest BCUT2D eigenvalue weighted by molar-refractivity contribution is 6.20. The SMILES string of the molecule is CC(C)=C1CCNC1=O.CC(C)C(=O)O.CC(C)C(C)O.CC(C)C(N)C(F)(F)F.CC(C)C1=CC(=O)NC1=O.CC(C)C1CC(=O)NC1=O.CC(C)C1CCNC1=O.CC(C)C1NC(=O)NC1=O.CC(C)C1OC(=O)NC1=O.CC(C)CC(N)=O.CC(C)CO.CC(C)CON.CC(C)CON1C(=O)c2ccccc2C1=O.CC(C)c1c[nH]c(=O)o1.CC(C)c1conc1N. The molecule has 7 aliphatic heterocycles. The second-order valence-corrected chi connectivity index (χ2v) is 36.0. The molecule has 7 aliphatic rings. The molecular weight excluding hydrogens is 1710 g/mol. The fourth-order valence-electron chi connectivity index (χ4n) is 9.67. The summed E-state index contributed by atoms with van der Waals surface area (Å²) >= 11 is 0. The first-order chi connectivity index (χ1) is 60.2. The van der Waals surface area contributed by atoms with Crippen LogP contribution in [0.1, 0.15) is 284 Å². The average Bonchev–Trinajstić information content (AvgIpc) is 1.64. The number of aliphatic carboxylic acids is 1. The Balaban J connectivity index is -0.000000436. The van der Waals surface area contributed by atoms with Gasteiger partial charge in [0.05, 0.1) is 36.4 Å². The number of H-pyrrole nitrogens is 1. The number of aromatic amines is 1. The standard InChI is InChI=1S/C12H13NO3.C7H11NO2.C7H9NO2.C7H13NO.C7H11NO.C6H10N2O2.C6H10N2O.C6H9NO3.C6H9NO2.C5H10F3N.C5H11NO.C5H12O.C4H11NO.C4H8O2.C4H10O/c1-8(2)7-16-13-11(14)9-5-3-4-6-10(9)12(13)15;2*1-4(2)5-3-6(9)8-7(5)10;2*1-5(2)6-3-4-8-7(6)9;1-3(2)4-5(9)8-6(10)7-4;1-4(2)5-3-9-8-6(5)7;1-3(2)4-5(8)7-6(9)10-4;1-4(2)5-3-7-6(8)9-5;1-3(2)4(9)5(6,7)8;1-4(2)3-5(6)7;1-4(2)5(3)6;1-4(2)3-6-5;1-3(2)4(5)6;1-4(2)3-5/h3-6,8H,7H2,1-2H3;4-5H,3H2,1-2H3,(H,8,9,10);3-4H,1-2H3,(H,8,9,10);5-6H,3-4H2,1-2H3,(H,8,9);3-4H2,1-2H3,(H,8,9);3-4H,1-2H3,(H2,7,8,9,10);3-4H,1-2H3,(H2,7,8);3-4H,1-2H3,(H,7,8,9);3-4H,1-2H3,(H,7,8);3-4H,9H2,1-2H3;4H,3H2,1-2H3,(H2,6,7);4-6H,1-3H3;4H,3,5H2,1-2H3;3H,1-2H3,(H,5,6);4-5H,3H2,1-2H3. The van der Waals surface area contributed by atoms with Gasteiger partial charge in [-0.2, -0.15) is 13.2 Å². The number of alkyl carbamates (subject to hydrolysis) is 1. The van der Waals surface area contributed by atoms with E-state index in [4.69, 9.17) is 47.7 Å². The van der Waals surface area contributed by atoms with Crippen LogP contribution in [0.5, 0.6) is 0 Å². The molecule has 0 saturated carbocycles. The number of amides is 14. The van der Waals surface area contributed by atoms with Gasteiger partial charge in [-0.15, -0.1) is 5.06 Å². The number of halogens is 3. The topological polar surface area (TPSA) is 591 Å². The number of benzene rings is 1. The number of allylic oxidation sites excluding steroid dienone is 1. The molecule has 0 bridgehead atoms. The number of carboxylic acids is 1. The number of alkyl halides is 3. The number of aromatic nitrogens is 2. The maximum Gasteiger partial charge on any atom is 0.416 e. The van der Waals surface area contributed by atoms with Crippen LogP contribution in [0.15, 0.2) is 73.3 Å². The zero-order chi connectivity index (χ0) is 103. The Morgan fingerprint density at radius 2 is 1.12 bits per heavy atom. The summed E-state index contributed by atoms with van der Waals surface area (Å²) in [5.74, 6) is 6.16. The fourth-order valence-corrected chi connectivity index (χ4v) is 9.67. The van der Waals surface area contributed by atoms with Gasteiger partial charge in [0.1, 0.15) is 24.1 Å². The van der Waals surface area contributed by atoms with Crippen LogP contribution in [-0.2, 0) is 62.4 Å². The van der Waals surface area contributed by atoms with E-state index in [9.17, 15) is 85.1 Å². The summed E-state index contributed by atoms with van der Waals surface area (Å²) < 4.78 is 48.7. The van der Waals surface area contributed by atoms with E-state index in [0.29, 0.717) is 96.4 Å². The summed E-state index contributed by atoms with van der Waals surface area (Å²) in [7, 11) is 0.